The fourth-order valence-electron chi connectivity index (χ4n) is 2.23. The van der Waals surface area contributed by atoms with Crippen LogP contribution in [0.4, 0.5) is 13.2 Å². The van der Waals surface area contributed by atoms with E-state index < -0.39 is 18.0 Å². The van der Waals surface area contributed by atoms with Crippen LogP contribution in [0.3, 0.4) is 0 Å². The quantitative estimate of drug-likeness (QED) is 0.927. The number of nitrogens with one attached hydrogen (secondary N) is 1. The number of benzene rings is 1. The van der Waals surface area contributed by atoms with Crippen LogP contribution in [-0.4, -0.2) is 28.0 Å². The largest absolute Gasteiger partial charge is 0.416 e. The summed E-state index contributed by atoms with van der Waals surface area (Å²) in [5, 5.41) is 10.9. The van der Waals surface area contributed by atoms with E-state index in [9.17, 15) is 13.2 Å². The van der Waals surface area contributed by atoms with Gasteiger partial charge in [-0.15, -0.1) is 0 Å². The van der Waals surface area contributed by atoms with Gasteiger partial charge in [0.25, 0.3) is 0 Å². The Morgan fingerprint density at radius 2 is 1.91 bits per heavy atom. The molecule has 116 valence electrons. The van der Waals surface area contributed by atoms with E-state index in [0.29, 0.717) is 17.1 Å². The average Bonchev–Trinajstić information content (AvgIpc) is 3.04. The van der Waals surface area contributed by atoms with E-state index in [-0.39, 0.29) is 0 Å². The molecule has 1 unspecified atom stereocenters. The summed E-state index contributed by atoms with van der Waals surface area (Å²) in [6.07, 6.45) is -4.85. The van der Waals surface area contributed by atoms with E-state index in [1.165, 1.54) is 12.1 Å². The molecule has 22 heavy (non-hydrogen) atoms. The number of H-pyrrole nitrogens is 1. The lowest BCUT2D eigenvalue weighted by Gasteiger charge is -2.18. The second kappa shape index (κ2) is 5.04. The first kappa shape index (κ1) is 14.4. The van der Waals surface area contributed by atoms with Crippen molar-refractivity contribution in [2.24, 2.45) is 5.16 Å². The fraction of sp³-hybridized carbons (Fsp3) is 0.286. The number of rotatable bonds is 2. The molecule has 1 aromatic heterocycles. The molecule has 0 bridgehead atoms. The van der Waals surface area contributed by atoms with Crippen molar-refractivity contribution in [3.63, 3.8) is 0 Å². The molecule has 0 aliphatic carbocycles. The number of hydrogen-bond donors (Lipinski definition) is 1. The average molecular weight is 310 g/mol. The zero-order chi connectivity index (χ0) is 15.9. The fourth-order valence-corrected chi connectivity index (χ4v) is 2.23. The first-order valence-corrected chi connectivity index (χ1v) is 6.52. The van der Waals surface area contributed by atoms with Crippen molar-refractivity contribution in [3.05, 3.63) is 52.8 Å². The molecule has 0 saturated heterocycles. The summed E-state index contributed by atoms with van der Waals surface area (Å²) in [6, 6.07) is 6.63. The smallest absolute Gasteiger partial charge is 0.362 e. The third-order valence-corrected chi connectivity index (χ3v) is 3.37. The van der Waals surface area contributed by atoms with Crippen LogP contribution in [-0.2, 0) is 11.0 Å². The second-order valence-corrected chi connectivity index (χ2v) is 5.03. The molecule has 1 atom stereocenters. The number of aromatic amines is 1. The SMILES string of the molecule is Cc1cc(C2ON=C(c3ccc(C(F)(F)F)cc3)N2C)n[nH]1. The Balaban J connectivity index is 1.81. The molecule has 1 aromatic carbocycles. The minimum Gasteiger partial charge on any atom is -0.362 e. The van der Waals surface area contributed by atoms with Crippen molar-refractivity contribution in [2.45, 2.75) is 19.3 Å². The summed E-state index contributed by atoms with van der Waals surface area (Å²) in [4.78, 5) is 7.06. The topological polar surface area (TPSA) is 53.5 Å². The third kappa shape index (κ3) is 2.51. The summed E-state index contributed by atoms with van der Waals surface area (Å²) in [5.74, 6) is 0.458. The van der Waals surface area contributed by atoms with Crippen LogP contribution in [0, 0.1) is 6.92 Å². The molecule has 1 aliphatic rings. The van der Waals surface area contributed by atoms with E-state index in [1.807, 2.05) is 13.0 Å². The van der Waals surface area contributed by atoms with Crippen molar-refractivity contribution in [1.29, 1.82) is 0 Å². The Kier molecular flexibility index (Phi) is 3.31. The second-order valence-electron chi connectivity index (χ2n) is 5.03. The van der Waals surface area contributed by atoms with E-state index in [4.69, 9.17) is 4.84 Å². The van der Waals surface area contributed by atoms with Crippen LogP contribution in [0.25, 0.3) is 0 Å². The van der Waals surface area contributed by atoms with Crippen molar-refractivity contribution in [1.82, 2.24) is 15.1 Å². The molecule has 2 aromatic rings. The first-order valence-electron chi connectivity index (χ1n) is 6.52. The van der Waals surface area contributed by atoms with Gasteiger partial charge in [-0.25, -0.2) is 0 Å². The van der Waals surface area contributed by atoms with E-state index in [1.54, 1.807) is 11.9 Å². The van der Waals surface area contributed by atoms with E-state index >= 15 is 0 Å². The van der Waals surface area contributed by atoms with E-state index in [2.05, 4.69) is 15.4 Å². The number of aryl methyl sites for hydroxylation is 1. The normalized spacial score (nSPS) is 18.3. The highest BCUT2D eigenvalue weighted by atomic mass is 19.4. The number of halogens is 3. The molecule has 8 heteroatoms. The Bertz CT molecular complexity index is 706. The maximum atomic E-state index is 12.6. The highest BCUT2D eigenvalue weighted by Crippen LogP contribution is 2.31. The van der Waals surface area contributed by atoms with Gasteiger partial charge in [0.1, 0.15) is 5.69 Å². The van der Waals surface area contributed by atoms with Crippen LogP contribution >= 0.6 is 0 Å². The molecule has 5 nitrogen and oxygen atoms in total. The Morgan fingerprint density at radius 3 is 2.45 bits per heavy atom. The van der Waals surface area contributed by atoms with Crippen molar-refractivity contribution >= 4 is 5.84 Å². The first-order chi connectivity index (χ1) is 10.4. The van der Waals surface area contributed by atoms with Gasteiger partial charge in [0.15, 0.2) is 5.84 Å². The van der Waals surface area contributed by atoms with Crippen LogP contribution in [0.15, 0.2) is 35.5 Å². The molecule has 0 fully saturated rings. The highest BCUT2D eigenvalue weighted by Gasteiger charge is 2.33. The lowest BCUT2D eigenvalue weighted by atomic mass is 10.1. The predicted molar refractivity (Wildman–Crippen MR) is 72.9 cm³/mol. The maximum Gasteiger partial charge on any atom is 0.416 e. The Hall–Kier alpha value is -2.51. The lowest BCUT2D eigenvalue weighted by molar-refractivity contribution is -0.137. The molecule has 1 aliphatic heterocycles. The molecule has 0 radical (unpaired) electrons. The maximum absolute atomic E-state index is 12.6. The molecule has 0 spiro atoms. The zero-order valence-electron chi connectivity index (χ0n) is 11.8. The summed E-state index contributed by atoms with van der Waals surface area (Å²) >= 11 is 0. The van der Waals surface area contributed by atoms with E-state index in [0.717, 1.165) is 17.8 Å². The molecule has 0 saturated carbocycles. The van der Waals surface area contributed by atoms with Gasteiger partial charge in [-0.2, -0.15) is 18.3 Å². The van der Waals surface area contributed by atoms with Crippen LogP contribution in [0.2, 0.25) is 0 Å². The summed E-state index contributed by atoms with van der Waals surface area (Å²) in [7, 11) is 1.75. The van der Waals surface area contributed by atoms with Gasteiger partial charge in [-0.1, -0.05) is 17.3 Å². The van der Waals surface area contributed by atoms with Gasteiger partial charge in [0, 0.05) is 18.3 Å². The zero-order valence-corrected chi connectivity index (χ0v) is 11.8. The van der Waals surface area contributed by atoms with Gasteiger partial charge < -0.3 is 9.74 Å². The number of amidine groups is 1. The minimum absolute atomic E-state index is 0.458. The molecule has 2 heterocycles. The summed E-state index contributed by atoms with van der Waals surface area (Å²) in [6.45, 7) is 1.86. The number of alkyl halides is 3. The highest BCUT2D eigenvalue weighted by molar-refractivity contribution is 5.99. The summed E-state index contributed by atoms with van der Waals surface area (Å²) in [5.41, 5.74) is 1.39. The molecule has 0 amide bonds. The van der Waals surface area contributed by atoms with Crippen LogP contribution < -0.4 is 0 Å². The molecule has 3 rings (SSSR count). The molecular weight excluding hydrogens is 297 g/mol. The van der Waals surface area contributed by atoms with Crippen molar-refractivity contribution in [2.75, 3.05) is 7.05 Å². The lowest BCUT2D eigenvalue weighted by Crippen LogP contribution is -2.27. The summed E-state index contributed by atoms with van der Waals surface area (Å²) < 4.78 is 37.7. The standard InChI is InChI=1S/C14H13F3N4O/c1-8-7-11(19-18-8)13-21(2)12(20-22-13)9-3-5-10(6-4-9)14(15,16)17/h3-7,13H,1-2H3,(H,18,19). The van der Waals surface area contributed by atoms with Crippen molar-refractivity contribution in [3.8, 4) is 0 Å². The minimum atomic E-state index is -4.35. The van der Waals surface area contributed by atoms with Gasteiger partial charge >= 0.3 is 6.18 Å². The van der Waals surface area contributed by atoms with Gasteiger partial charge in [0.2, 0.25) is 6.23 Å². The number of aromatic nitrogens is 2. The monoisotopic (exact) mass is 310 g/mol. The van der Waals surface area contributed by atoms with Crippen LogP contribution in [0.5, 0.6) is 0 Å². The van der Waals surface area contributed by atoms with Crippen molar-refractivity contribution < 1.29 is 18.0 Å². The van der Waals surface area contributed by atoms with Gasteiger partial charge in [-0.3, -0.25) is 5.10 Å². The Morgan fingerprint density at radius 1 is 1.23 bits per heavy atom. The number of nitrogens with zero attached hydrogens (tertiary/aromatic N) is 3. The van der Waals surface area contributed by atoms with Gasteiger partial charge in [-0.05, 0) is 25.1 Å². The molecular formula is C14H13F3N4O. The predicted octanol–water partition coefficient (Wildman–Crippen LogP) is 3.06. The van der Waals surface area contributed by atoms with Crippen LogP contribution in [0.1, 0.15) is 28.7 Å². The van der Waals surface area contributed by atoms with Gasteiger partial charge in [0.05, 0.1) is 5.56 Å². The third-order valence-electron chi connectivity index (χ3n) is 3.37. The molecule has 1 N–H and O–H groups in total. The number of hydrogen-bond acceptors (Lipinski definition) is 4. The Labute approximate surface area is 124 Å². The number of oxime groups is 1.